The SMILES string of the molecule is CCCCCCN=COC(=O)C(=O)c1ccccc1. The van der Waals surface area contributed by atoms with Crippen molar-refractivity contribution in [3.05, 3.63) is 35.9 Å². The Morgan fingerprint density at radius 1 is 1.16 bits per heavy atom. The summed E-state index contributed by atoms with van der Waals surface area (Å²) >= 11 is 0. The summed E-state index contributed by atoms with van der Waals surface area (Å²) in [7, 11) is 0. The first-order chi connectivity index (χ1) is 9.25. The summed E-state index contributed by atoms with van der Waals surface area (Å²) in [5, 5.41) is 0. The van der Waals surface area contributed by atoms with Crippen LogP contribution in [0, 0.1) is 0 Å². The number of ether oxygens (including phenoxy) is 1. The van der Waals surface area contributed by atoms with Gasteiger partial charge in [-0.3, -0.25) is 9.79 Å². The van der Waals surface area contributed by atoms with Crippen LogP contribution in [0.5, 0.6) is 0 Å². The molecule has 0 radical (unpaired) electrons. The minimum atomic E-state index is -0.900. The third-order valence-corrected chi connectivity index (χ3v) is 2.60. The number of aliphatic imine (C=N–C) groups is 1. The van der Waals surface area contributed by atoms with Crippen LogP contribution >= 0.6 is 0 Å². The molecule has 0 N–H and O–H groups in total. The molecule has 0 aliphatic heterocycles. The summed E-state index contributed by atoms with van der Waals surface area (Å²) in [6.07, 6.45) is 5.50. The largest absolute Gasteiger partial charge is 0.409 e. The highest BCUT2D eigenvalue weighted by Gasteiger charge is 2.16. The first-order valence-corrected chi connectivity index (χ1v) is 6.54. The zero-order valence-electron chi connectivity index (χ0n) is 11.2. The molecule has 1 aromatic rings. The number of rotatable bonds is 8. The minimum Gasteiger partial charge on any atom is -0.409 e. The lowest BCUT2D eigenvalue weighted by atomic mass is 10.1. The molecule has 0 saturated heterocycles. The molecule has 0 aliphatic carbocycles. The maximum atomic E-state index is 11.6. The highest BCUT2D eigenvalue weighted by molar-refractivity contribution is 6.41. The third-order valence-electron chi connectivity index (χ3n) is 2.60. The number of hydrogen-bond acceptors (Lipinski definition) is 4. The molecule has 0 atom stereocenters. The summed E-state index contributed by atoms with van der Waals surface area (Å²) in [5.41, 5.74) is 0.323. The second-order valence-corrected chi connectivity index (χ2v) is 4.17. The molecule has 19 heavy (non-hydrogen) atoms. The van der Waals surface area contributed by atoms with Crippen LogP contribution in [0.3, 0.4) is 0 Å². The van der Waals surface area contributed by atoms with Crippen LogP contribution in [-0.4, -0.2) is 24.7 Å². The smallest absolute Gasteiger partial charge is 0.385 e. The number of esters is 1. The van der Waals surface area contributed by atoms with Crippen molar-refractivity contribution in [3.8, 4) is 0 Å². The quantitative estimate of drug-likeness (QED) is 0.180. The fraction of sp³-hybridized carbons (Fsp3) is 0.400. The van der Waals surface area contributed by atoms with Gasteiger partial charge in [0.05, 0.1) is 0 Å². The van der Waals surface area contributed by atoms with E-state index in [0.717, 1.165) is 19.2 Å². The van der Waals surface area contributed by atoms with Gasteiger partial charge in [-0.25, -0.2) is 4.79 Å². The molecule has 0 heterocycles. The first kappa shape index (κ1) is 15.1. The molecule has 0 amide bonds. The van der Waals surface area contributed by atoms with Crippen LogP contribution in [0.1, 0.15) is 43.0 Å². The van der Waals surface area contributed by atoms with Gasteiger partial charge < -0.3 is 4.74 Å². The Kier molecular flexibility index (Phi) is 7.17. The van der Waals surface area contributed by atoms with E-state index in [0.29, 0.717) is 12.1 Å². The lowest BCUT2D eigenvalue weighted by Gasteiger charge is -1.98. The number of nitrogens with zero attached hydrogens (tertiary/aromatic N) is 1. The monoisotopic (exact) mass is 261 g/mol. The molecule has 102 valence electrons. The van der Waals surface area contributed by atoms with Gasteiger partial charge in [0.15, 0.2) is 6.40 Å². The normalized spacial score (nSPS) is 10.6. The zero-order chi connectivity index (χ0) is 13.9. The lowest BCUT2D eigenvalue weighted by Crippen LogP contribution is -2.16. The number of carbonyl (C=O) groups excluding carboxylic acids is 2. The van der Waals surface area contributed by atoms with Crippen molar-refractivity contribution in [3.63, 3.8) is 0 Å². The van der Waals surface area contributed by atoms with E-state index >= 15 is 0 Å². The number of hydrogen-bond donors (Lipinski definition) is 0. The van der Waals surface area contributed by atoms with E-state index in [4.69, 9.17) is 0 Å². The molecule has 0 saturated carbocycles. The maximum Gasteiger partial charge on any atom is 0.385 e. The van der Waals surface area contributed by atoms with Gasteiger partial charge in [-0.05, 0) is 6.42 Å². The summed E-state index contributed by atoms with van der Waals surface area (Å²) in [5.74, 6) is -1.55. The van der Waals surface area contributed by atoms with Crippen molar-refractivity contribution in [2.45, 2.75) is 32.6 Å². The molecule has 0 aromatic heterocycles. The Morgan fingerprint density at radius 2 is 1.89 bits per heavy atom. The summed E-state index contributed by atoms with van der Waals surface area (Å²) < 4.78 is 4.68. The molecule has 1 aromatic carbocycles. The van der Waals surface area contributed by atoms with Crippen molar-refractivity contribution in [2.24, 2.45) is 4.99 Å². The van der Waals surface area contributed by atoms with Crippen molar-refractivity contribution in [1.29, 1.82) is 0 Å². The number of unbranched alkanes of at least 4 members (excludes halogenated alkanes) is 3. The summed E-state index contributed by atoms with van der Waals surface area (Å²) in [4.78, 5) is 27.0. The fourth-order valence-electron chi connectivity index (χ4n) is 1.53. The molecule has 0 spiro atoms. The van der Waals surface area contributed by atoms with Gasteiger partial charge in [-0.1, -0.05) is 56.5 Å². The number of carbonyl (C=O) groups is 2. The second kappa shape index (κ2) is 9.03. The van der Waals surface area contributed by atoms with Gasteiger partial charge in [-0.2, -0.15) is 0 Å². The molecule has 0 aliphatic rings. The Bertz CT molecular complexity index is 426. The first-order valence-electron chi connectivity index (χ1n) is 6.54. The van der Waals surface area contributed by atoms with Gasteiger partial charge in [0.25, 0.3) is 5.78 Å². The molecular weight excluding hydrogens is 242 g/mol. The lowest BCUT2D eigenvalue weighted by molar-refractivity contribution is -0.130. The molecule has 0 unspecified atom stereocenters. The highest BCUT2D eigenvalue weighted by Crippen LogP contribution is 2.01. The zero-order valence-corrected chi connectivity index (χ0v) is 11.2. The molecule has 0 bridgehead atoms. The van der Waals surface area contributed by atoms with E-state index in [9.17, 15) is 9.59 Å². The fourth-order valence-corrected chi connectivity index (χ4v) is 1.53. The van der Waals surface area contributed by atoms with E-state index < -0.39 is 11.8 Å². The Hall–Kier alpha value is -1.97. The van der Waals surface area contributed by atoms with Crippen molar-refractivity contribution in [2.75, 3.05) is 6.54 Å². The van der Waals surface area contributed by atoms with Gasteiger partial charge in [0.2, 0.25) is 0 Å². The minimum absolute atomic E-state index is 0.323. The topological polar surface area (TPSA) is 55.7 Å². The highest BCUT2D eigenvalue weighted by atomic mass is 16.5. The predicted octanol–water partition coefficient (Wildman–Crippen LogP) is 3.02. The molecule has 4 nitrogen and oxygen atoms in total. The van der Waals surface area contributed by atoms with Crippen molar-refractivity contribution in [1.82, 2.24) is 0 Å². The van der Waals surface area contributed by atoms with Crippen molar-refractivity contribution >= 4 is 18.2 Å². The maximum absolute atomic E-state index is 11.6. The average Bonchev–Trinajstić information content (AvgIpc) is 2.46. The van der Waals surface area contributed by atoms with Gasteiger partial charge in [0, 0.05) is 12.1 Å². The van der Waals surface area contributed by atoms with Crippen molar-refractivity contribution < 1.29 is 14.3 Å². The molecule has 0 fully saturated rings. The molecule has 1 rings (SSSR count). The Labute approximate surface area is 113 Å². The Balaban J connectivity index is 2.28. The van der Waals surface area contributed by atoms with E-state index in [2.05, 4.69) is 16.7 Å². The molecule has 4 heteroatoms. The predicted molar refractivity (Wildman–Crippen MR) is 74.4 cm³/mol. The van der Waals surface area contributed by atoms with E-state index in [1.54, 1.807) is 30.3 Å². The van der Waals surface area contributed by atoms with Gasteiger partial charge in [-0.15, -0.1) is 0 Å². The van der Waals surface area contributed by atoms with E-state index in [1.807, 2.05) is 0 Å². The third kappa shape index (κ3) is 5.95. The van der Waals surface area contributed by atoms with Gasteiger partial charge >= 0.3 is 5.97 Å². The number of Topliss-reactive ketones (excluding diaryl/α,β-unsaturated/α-hetero) is 1. The number of benzene rings is 1. The van der Waals surface area contributed by atoms with Crippen LogP contribution in [0.4, 0.5) is 0 Å². The van der Waals surface area contributed by atoms with Crippen LogP contribution in [0.2, 0.25) is 0 Å². The van der Waals surface area contributed by atoms with E-state index in [-0.39, 0.29) is 0 Å². The van der Waals surface area contributed by atoms with Crippen LogP contribution in [0.25, 0.3) is 0 Å². The van der Waals surface area contributed by atoms with Gasteiger partial charge in [0.1, 0.15) is 0 Å². The summed E-state index contributed by atoms with van der Waals surface area (Å²) in [6, 6.07) is 8.32. The van der Waals surface area contributed by atoms with E-state index in [1.165, 1.54) is 12.8 Å². The Morgan fingerprint density at radius 3 is 2.58 bits per heavy atom. The van der Waals surface area contributed by atoms with Crippen LogP contribution < -0.4 is 0 Å². The molecular formula is C15H19NO3. The van der Waals surface area contributed by atoms with Crippen LogP contribution in [0.15, 0.2) is 35.3 Å². The number of ketones is 1. The second-order valence-electron chi connectivity index (χ2n) is 4.17. The summed E-state index contributed by atoms with van der Waals surface area (Å²) in [6.45, 7) is 2.76. The van der Waals surface area contributed by atoms with Crippen LogP contribution in [-0.2, 0) is 9.53 Å². The average molecular weight is 261 g/mol. The standard InChI is InChI=1S/C15H19NO3/c1-2-3-4-8-11-16-12-19-15(18)14(17)13-9-6-5-7-10-13/h5-7,9-10,12H,2-4,8,11H2,1H3.